The fraction of sp³-hybridized carbons (Fsp3) is 0.286. The maximum absolute atomic E-state index is 5.89. The van der Waals surface area contributed by atoms with E-state index in [1.165, 1.54) is 0 Å². The monoisotopic (exact) mass is 190 g/mol. The first kappa shape index (κ1) is 8.62. The molecule has 4 heteroatoms. The molecule has 0 atom stereocenters. The lowest BCUT2D eigenvalue weighted by Crippen LogP contribution is -1.94. The number of nitrogens with one attached hydrogen (secondary N) is 1. The Morgan fingerprint density at radius 3 is 2.64 bits per heavy atom. The summed E-state index contributed by atoms with van der Waals surface area (Å²) in [4.78, 5) is 3.98. The maximum Gasteiger partial charge on any atom is 0.144 e. The quantitative estimate of drug-likeness (QED) is 0.738. The van der Waals surface area contributed by atoms with Crippen LogP contribution in [0.15, 0.2) is 6.20 Å². The zero-order valence-corrected chi connectivity index (χ0v) is 7.79. The van der Waals surface area contributed by atoms with E-state index in [-0.39, 0.29) is 0 Å². The Balaban J connectivity index is 3.25. The van der Waals surface area contributed by atoms with Crippen molar-refractivity contribution in [1.82, 2.24) is 4.98 Å². The van der Waals surface area contributed by atoms with Crippen LogP contribution in [0.5, 0.6) is 0 Å². The summed E-state index contributed by atoms with van der Waals surface area (Å²) in [5.74, 6) is 0.661. The highest BCUT2D eigenvalue weighted by Crippen LogP contribution is 2.27. The van der Waals surface area contributed by atoms with Crippen LogP contribution in [-0.4, -0.2) is 12.0 Å². The molecule has 1 heterocycles. The predicted octanol–water partition coefficient (Wildman–Crippen LogP) is 2.74. The molecule has 2 nitrogen and oxygen atoms in total. The number of nitrogens with zero attached hydrogens (tertiary/aromatic N) is 1. The van der Waals surface area contributed by atoms with E-state index in [2.05, 4.69) is 10.3 Å². The summed E-state index contributed by atoms with van der Waals surface area (Å²) >= 11 is 11.7. The van der Waals surface area contributed by atoms with Gasteiger partial charge in [-0.25, -0.2) is 4.98 Å². The molecule has 0 fully saturated rings. The standard InChI is InChI=1S/C7H8Cl2N2/c1-4-5(8)3-11-7(10-2)6(4)9/h3H,1-2H3,(H,10,11). The maximum atomic E-state index is 5.89. The third-order valence-electron chi connectivity index (χ3n) is 1.44. The predicted molar refractivity (Wildman–Crippen MR) is 48.5 cm³/mol. The highest BCUT2D eigenvalue weighted by atomic mass is 35.5. The number of hydrogen-bond donors (Lipinski definition) is 1. The van der Waals surface area contributed by atoms with Crippen LogP contribution >= 0.6 is 23.2 Å². The van der Waals surface area contributed by atoms with E-state index in [0.717, 1.165) is 5.56 Å². The normalized spacial score (nSPS) is 9.82. The minimum atomic E-state index is 0.583. The summed E-state index contributed by atoms with van der Waals surface area (Å²) in [5, 5.41) is 4.04. The molecule has 1 aromatic rings. The van der Waals surface area contributed by atoms with Crippen LogP contribution in [0.4, 0.5) is 5.82 Å². The molecule has 1 rings (SSSR count). The van der Waals surface area contributed by atoms with Gasteiger partial charge in [-0.3, -0.25) is 0 Å². The number of rotatable bonds is 1. The first-order valence-electron chi connectivity index (χ1n) is 3.15. The summed E-state index contributed by atoms with van der Waals surface area (Å²) in [7, 11) is 1.77. The van der Waals surface area contributed by atoms with E-state index in [4.69, 9.17) is 23.2 Å². The number of anilines is 1. The molecule has 60 valence electrons. The van der Waals surface area contributed by atoms with Gasteiger partial charge in [-0.15, -0.1) is 0 Å². The van der Waals surface area contributed by atoms with Crippen molar-refractivity contribution in [2.24, 2.45) is 0 Å². The minimum absolute atomic E-state index is 0.583. The molecule has 1 aromatic heterocycles. The highest BCUT2D eigenvalue weighted by molar-refractivity contribution is 6.37. The van der Waals surface area contributed by atoms with E-state index >= 15 is 0 Å². The zero-order chi connectivity index (χ0) is 8.43. The smallest absolute Gasteiger partial charge is 0.144 e. The molecule has 0 amide bonds. The van der Waals surface area contributed by atoms with E-state index in [0.29, 0.717) is 15.9 Å². The lowest BCUT2D eigenvalue weighted by Gasteiger charge is -2.05. The molecule has 0 bridgehead atoms. The largest absolute Gasteiger partial charge is 0.372 e. The second-order valence-corrected chi connectivity index (χ2v) is 2.93. The number of halogens is 2. The van der Waals surface area contributed by atoms with Crippen molar-refractivity contribution in [2.75, 3.05) is 12.4 Å². The summed E-state index contributed by atoms with van der Waals surface area (Å²) in [5.41, 5.74) is 0.854. The van der Waals surface area contributed by atoms with E-state index in [1.54, 1.807) is 13.2 Å². The van der Waals surface area contributed by atoms with Gasteiger partial charge in [-0.1, -0.05) is 23.2 Å². The number of aromatic nitrogens is 1. The lowest BCUT2D eigenvalue weighted by molar-refractivity contribution is 1.26. The Hall–Kier alpha value is -0.470. The van der Waals surface area contributed by atoms with Crippen LogP contribution in [0.2, 0.25) is 10.0 Å². The van der Waals surface area contributed by atoms with Gasteiger partial charge in [0.15, 0.2) is 0 Å². The molecular formula is C7H8Cl2N2. The van der Waals surface area contributed by atoms with Gasteiger partial charge < -0.3 is 5.32 Å². The lowest BCUT2D eigenvalue weighted by atomic mass is 10.3. The molecule has 0 unspecified atom stereocenters. The van der Waals surface area contributed by atoms with Gasteiger partial charge in [-0.2, -0.15) is 0 Å². The van der Waals surface area contributed by atoms with Crippen molar-refractivity contribution in [2.45, 2.75) is 6.92 Å². The molecule has 0 radical (unpaired) electrons. The van der Waals surface area contributed by atoms with Crippen LogP contribution in [0, 0.1) is 6.92 Å². The van der Waals surface area contributed by atoms with Gasteiger partial charge in [-0.05, 0) is 12.5 Å². The Bertz CT molecular complexity index is 273. The Labute approximate surface area is 75.5 Å². The first-order chi connectivity index (χ1) is 5.16. The third-order valence-corrected chi connectivity index (χ3v) is 2.28. The van der Waals surface area contributed by atoms with Crippen LogP contribution in [0.3, 0.4) is 0 Å². The SMILES string of the molecule is CNc1ncc(Cl)c(C)c1Cl. The second kappa shape index (κ2) is 3.28. The van der Waals surface area contributed by atoms with Crippen LogP contribution in [-0.2, 0) is 0 Å². The van der Waals surface area contributed by atoms with E-state index in [9.17, 15) is 0 Å². The van der Waals surface area contributed by atoms with Crippen molar-refractivity contribution in [3.05, 3.63) is 21.8 Å². The summed E-state index contributed by atoms with van der Waals surface area (Å²) in [6.07, 6.45) is 1.58. The summed E-state index contributed by atoms with van der Waals surface area (Å²) < 4.78 is 0. The average Bonchev–Trinajstić information content (AvgIpc) is 2.01. The van der Waals surface area contributed by atoms with Gasteiger partial charge in [0.25, 0.3) is 0 Å². The van der Waals surface area contributed by atoms with E-state index in [1.807, 2.05) is 6.92 Å². The van der Waals surface area contributed by atoms with Crippen molar-refractivity contribution < 1.29 is 0 Å². The van der Waals surface area contributed by atoms with Crippen molar-refractivity contribution >= 4 is 29.0 Å². The molecule has 0 spiro atoms. The fourth-order valence-corrected chi connectivity index (χ4v) is 1.17. The van der Waals surface area contributed by atoms with Gasteiger partial charge >= 0.3 is 0 Å². The van der Waals surface area contributed by atoms with Crippen LogP contribution < -0.4 is 5.32 Å². The van der Waals surface area contributed by atoms with Gasteiger partial charge in [0.1, 0.15) is 5.82 Å². The van der Waals surface area contributed by atoms with Crippen molar-refractivity contribution in [3.63, 3.8) is 0 Å². The third kappa shape index (κ3) is 1.57. The molecule has 0 aliphatic carbocycles. The Morgan fingerprint density at radius 1 is 1.45 bits per heavy atom. The molecular weight excluding hydrogens is 183 g/mol. The Kier molecular flexibility index (Phi) is 2.58. The Morgan fingerprint density at radius 2 is 2.09 bits per heavy atom. The van der Waals surface area contributed by atoms with Gasteiger partial charge in [0.05, 0.1) is 10.0 Å². The molecule has 0 saturated carbocycles. The summed E-state index contributed by atoms with van der Waals surface area (Å²) in [6.45, 7) is 1.85. The number of pyridine rings is 1. The highest BCUT2D eigenvalue weighted by Gasteiger charge is 2.05. The summed E-state index contributed by atoms with van der Waals surface area (Å²) in [6, 6.07) is 0. The topological polar surface area (TPSA) is 24.9 Å². The fourth-order valence-electron chi connectivity index (χ4n) is 0.731. The second-order valence-electron chi connectivity index (χ2n) is 2.14. The minimum Gasteiger partial charge on any atom is -0.372 e. The van der Waals surface area contributed by atoms with Crippen LogP contribution in [0.1, 0.15) is 5.56 Å². The van der Waals surface area contributed by atoms with Crippen molar-refractivity contribution in [1.29, 1.82) is 0 Å². The van der Waals surface area contributed by atoms with Crippen molar-refractivity contribution in [3.8, 4) is 0 Å². The molecule has 0 aromatic carbocycles. The zero-order valence-electron chi connectivity index (χ0n) is 6.28. The molecule has 0 aliphatic rings. The molecule has 0 aliphatic heterocycles. The van der Waals surface area contributed by atoms with Gasteiger partial charge in [0.2, 0.25) is 0 Å². The first-order valence-corrected chi connectivity index (χ1v) is 3.90. The molecule has 11 heavy (non-hydrogen) atoms. The van der Waals surface area contributed by atoms with Gasteiger partial charge in [0, 0.05) is 13.2 Å². The molecule has 1 N–H and O–H groups in total. The van der Waals surface area contributed by atoms with E-state index < -0.39 is 0 Å². The number of hydrogen-bond acceptors (Lipinski definition) is 2. The molecule has 0 saturated heterocycles. The van der Waals surface area contributed by atoms with Crippen LogP contribution in [0.25, 0.3) is 0 Å². The average molecular weight is 191 g/mol.